The Hall–Kier alpha value is -1.86. The normalized spacial score (nSPS) is 11.9. The fourth-order valence-electron chi connectivity index (χ4n) is 1.73. The van der Waals surface area contributed by atoms with E-state index in [1.165, 1.54) is 17.5 Å². The van der Waals surface area contributed by atoms with E-state index in [2.05, 4.69) is 9.97 Å². The van der Waals surface area contributed by atoms with E-state index in [-0.39, 0.29) is 11.6 Å². The summed E-state index contributed by atoms with van der Waals surface area (Å²) < 4.78 is 25.8. The van der Waals surface area contributed by atoms with Crippen molar-refractivity contribution in [1.82, 2.24) is 14.3 Å². The number of hydrogen-bond acceptors (Lipinski definition) is 4. The molecular weight excluding hydrogens is 264 g/mol. The molecule has 0 aliphatic heterocycles. The van der Waals surface area contributed by atoms with Gasteiger partial charge in [0, 0.05) is 19.3 Å². The number of nitrogens with zero attached hydrogens (tertiary/aromatic N) is 2. The van der Waals surface area contributed by atoms with Gasteiger partial charge in [-0.2, -0.15) is 4.31 Å². The molecule has 0 atom stereocenters. The van der Waals surface area contributed by atoms with Crippen LogP contribution in [0.15, 0.2) is 35.5 Å². The summed E-state index contributed by atoms with van der Waals surface area (Å²) >= 11 is 0. The van der Waals surface area contributed by atoms with Crippen molar-refractivity contribution in [1.29, 1.82) is 0 Å². The lowest BCUT2D eigenvalue weighted by Crippen LogP contribution is -2.26. The third-order valence-corrected chi connectivity index (χ3v) is 4.44. The molecule has 2 rings (SSSR count). The third kappa shape index (κ3) is 2.94. The number of aromatic nitrogens is 2. The number of H-pyrrole nitrogens is 1. The average Bonchev–Trinajstić information content (AvgIpc) is 2.76. The lowest BCUT2D eigenvalue weighted by Gasteiger charge is -2.16. The summed E-state index contributed by atoms with van der Waals surface area (Å²) in [5, 5.41) is 0.0939. The van der Waals surface area contributed by atoms with Gasteiger partial charge in [-0.25, -0.2) is 13.4 Å². The van der Waals surface area contributed by atoms with Crippen LogP contribution in [0.2, 0.25) is 0 Å². The number of sulfonamides is 1. The minimum atomic E-state index is -3.55. The highest BCUT2D eigenvalue weighted by Gasteiger charge is 2.22. The van der Waals surface area contributed by atoms with Crippen LogP contribution in [0.4, 0.5) is 5.69 Å². The first kappa shape index (κ1) is 13.6. The Bertz CT molecular complexity index is 679. The molecule has 0 unspecified atom stereocenters. The number of nitrogens with one attached hydrogen (secondary N) is 1. The van der Waals surface area contributed by atoms with Gasteiger partial charge in [0.05, 0.1) is 6.20 Å². The molecule has 0 amide bonds. The van der Waals surface area contributed by atoms with Crippen LogP contribution < -0.4 is 5.73 Å². The minimum absolute atomic E-state index is 0.0939. The van der Waals surface area contributed by atoms with E-state index >= 15 is 0 Å². The monoisotopic (exact) mass is 280 g/mol. The maximum Gasteiger partial charge on any atom is 0.260 e. The van der Waals surface area contributed by atoms with Gasteiger partial charge in [-0.3, -0.25) is 0 Å². The number of nitrogens with two attached hydrogens (primary N) is 1. The smallest absolute Gasteiger partial charge is 0.260 e. The van der Waals surface area contributed by atoms with Gasteiger partial charge in [0.25, 0.3) is 10.0 Å². The van der Waals surface area contributed by atoms with Gasteiger partial charge in [-0.1, -0.05) is 12.1 Å². The van der Waals surface area contributed by atoms with Crippen LogP contribution in [0.3, 0.4) is 0 Å². The second-order valence-electron chi connectivity index (χ2n) is 4.34. The Kier molecular flexibility index (Phi) is 3.59. The Morgan fingerprint density at radius 1 is 1.42 bits per heavy atom. The highest BCUT2D eigenvalue weighted by molar-refractivity contribution is 7.89. The topological polar surface area (TPSA) is 92.1 Å². The molecule has 2 aromatic rings. The van der Waals surface area contributed by atoms with Gasteiger partial charge in [-0.05, 0) is 24.6 Å². The van der Waals surface area contributed by atoms with E-state index in [4.69, 9.17) is 5.73 Å². The van der Waals surface area contributed by atoms with Gasteiger partial charge < -0.3 is 10.7 Å². The zero-order valence-electron chi connectivity index (χ0n) is 10.8. The Labute approximate surface area is 112 Å². The van der Waals surface area contributed by atoms with Crippen molar-refractivity contribution >= 4 is 15.7 Å². The van der Waals surface area contributed by atoms with E-state index in [1.807, 2.05) is 6.07 Å². The van der Waals surface area contributed by atoms with Crippen LogP contribution in [0, 0.1) is 6.92 Å². The van der Waals surface area contributed by atoms with Gasteiger partial charge >= 0.3 is 0 Å². The summed E-state index contributed by atoms with van der Waals surface area (Å²) in [6.07, 6.45) is 1.32. The van der Waals surface area contributed by atoms with Crippen LogP contribution >= 0.6 is 0 Å². The first-order chi connectivity index (χ1) is 8.89. The minimum Gasteiger partial charge on any atom is -0.399 e. The summed E-state index contributed by atoms with van der Waals surface area (Å²) in [5.74, 6) is 0.566. The molecule has 1 heterocycles. The molecule has 0 aliphatic rings. The Balaban J connectivity index is 2.22. The van der Waals surface area contributed by atoms with Crippen LogP contribution in [-0.2, 0) is 16.6 Å². The summed E-state index contributed by atoms with van der Waals surface area (Å²) in [4.78, 5) is 6.63. The molecular formula is C12H16N4O2S. The number of benzene rings is 1. The van der Waals surface area contributed by atoms with Crippen molar-refractivity contribution < 1.29 is 8.42 Å². The predicted octanol–water partition coefficient (Wildman–Crippen LogP) is 1.12. The number of aromatic amines is 1. The van der Waals surface area contributed by atoms with E-state index in [9.17, 15) is 8.42 Å². The van der Waals surface area contributed by atoms with Crippen molar-refractivity contribution in [2.75, 3.05) is 12.8 Å². The van der Waals surface area contributed by atoms with Crippen LogP contribution in [-0.4, -0.2) is 29.7 Å². The van der Waals surface area contributed by atoms with Crippen LogP contribution in [0.5, 0.6) is 0 Å². The summed E-state index contributed by atoms with van der Waals surface area (Å²) in [5.41, 5.74) is 7.12. The first-order valence-corrected chi connectivity index (χ1v) is 7.16. The van der Waals surface area contributed by atoms with Crippen molar-refractivity contribution in [3.63, 3.8) is 0 Å². The van der Waals surface area contributed by atoms with Crippen molar-refractivity contribution in [3.05, 3.63) is 41.9 Å². The average molecular weight is 280 g/mol. The third-order valence-electron chi connectivity index (χ3n) is 2.72. The maximum absolute atomic E-state index is 12.3. The molecule has 0 saturated heterocycles. The van der Waals surface area contributed by atoms with Crippen molar-refractivity contribution in [2.45, 2.75) is 18.5 Å². The Morgan fingerprint density at radius 3 is 2.74 bits per heavy atom. The maximum atomic E-state index is 12.3. The van der Waals surface area contributed by atoms with Gasteiger partial charge in [0.15, 0.2) is 5.03 Å². The molecule has 0 saturated carbocycles. The van der Waals surface area contributed by atoms with E-state index in [1.54, 1.807) is 25.1 Å². The number of rotatable bonds is 4. The predicted molar refractivity (Wildman–Crippen MR) is 72.8 cm³/mol. The fourth-order valence-corrected chi connectivity index (χ4v) is 2.85. The molecule has 1 aromatic carbocycles. The largest absolute Gasteiger partial charge is 0.399 e. The van der Waals surface area contributed by atoms with Crippen molar-refractivity contribution in [2.24, 2.45) is 0 Å². The van der Waals surface area contributed by atoms with Crippen LogP contribution in [0.25, 0.3) is 0 Å². The number of hydrogen-bond donors (Lipinski definition) is 2. The lowest BCUT2D eigenvalue weighted by molar-refractivity contribution is 0.464. The highest BCUT2D eigenvalue weighted by atomic mass is 32.2. The molecule has 19 heavy (non-hydrogen) atoms. The summed E-state index contributed by atoms with van der Waals surface area (Å²) in [6, 6.07) is 7.15. The number of aryl methyl sites for hydroxylation is 1. The zero-order valence-corrected chi connectivity index (χ0v) is 11.6. The quantitative estimate of drug-likeness (QED) is 0.821. The second kappa shape index (κ2) is 5.02. The lowest BCUT2D eigenvalue weighted by atomic mass is 10.2. The SMILES string of the molecule is Cc1ncc(S(=O)(=O)N(C)Cc2cccc(N)c2)[nH]1. The fraction of sp³-hybridized carbons (Fsp3) is 0.250. The summed E-state index contributed by atoms with van der Waals surface area (Å²) in [6.45, 7) is 1.96. The molecule has 0 radical (unpaired) electrons. The molecule has 6 nitrogen and oxygen atoms in total. The van der Waals surface area contributed by atoms with Gasteiger partial charge in [0.2, 0.25) is 0 Å². The Morgan fingerprint density at radius 2 is 2.16 bits per heavy atom. The molecule has 7 heteroatoms. The highest BCUT2D eigenvalue weighted by Crippen LogP contribution is 2.16. The first-order valence-electron chi connectivity index (χ1n) is 5.72. The van der Waals surface area contributed by atoms with Gasteiger partial charge in [0.1, 0.15) is 5.82 Å². The number of imidazole rings is 1. The van der Waals surface area contributed by atoms with E-state index in [0.717, 1.165) is 5.56 Å². The van der Waals surface area contributed by atoms with Crippen molar-refractivity contribution in [3.8, 4) is 0 Å². The van der Waals surface area contributed by atoms with Gasteiger partial charge in [-0.15, -0.1) is 0 Å². The molecule has 0 aliphatic carbocycles. The zero-order chi connectivity index (χ0) is 14.0. The molecule has 0 bridgehead atoms. The molecule has 0 fully saturated rings. The van der Waals surface area contributed by atoms with E-state index in [0.29, 0.717) is 11.5 Å². The van der Waals surface area contributed by atoms with E-state index < -0.39 is 10.0 Å². The van der Waals surface area contributed by atoms with Crippen LogP contribution in [0.1, 0.15) is 11.4 Å². The second-order valence-corrected chi connectivity index (χ2v) is 6.35. The molecule has 1 aromatic heterocycles. The molecule has 3 N–H and O–H groups in total. The standard InChI is InChI=1S/C12H16N4O2S/c1-9-14-7-12(15-9)19(17,18)16(2)8-10-4-3-5-11(13)6-10/h3-7H,8,13H2,1-2H3,(H,14,15). The number of anilines is 1. The molecule has 0 spiro atoms. The number of nitrogen functional groups attached to an aromatic ring is 1. The summed E-state index contributed by atoms with van der Waals surface area (Å²) in [7, 11) is -2.03. The molecule has 102 valence electrons.